The van der Waals surface area contributed by atoms with E-state index in [0.29, 0.717) is 16.8 Å². The molecule has 2 aromatic heterocycles. The van der Waals surface area contributed by atoms with E-state index < -0.39 is 6.36 Å². The van der Waals surface area contributed by atoms with Gasteiger partial charge in [-0.1, -0.05) is 0 Å². The van der Waals surface area contributed by atoms with Crippen LogP contribution in [0.15, 0.2) is 36.5 Å². The normalized spacial score (nSPS) is 11.9. The first-order valence-electron chi connectivity index (χ1n) is 6.18. The number of ether oxygens (including phenoxy) is 1. The van der Waals surface area contributed by atoms with E-state index in [1.807, 2.05) is 11.6 Å². The van der Waals surface area contributed by atoms with Gasteiger partial charge in [0.2, 0.25) is 5.28 Å². The molecule has 0 aliphatic heterocycles. The maximum absolute atomic E-state index is 12.2. The molecule has 114 valence electrons. The fraction of sp³-hybridized carbons (Fsp3) is 0.143. The lowest BCUT2D eigenvalue weighted by atomic mass is 10.1. The third-order valence-electron chi connectivity index (χ3n) is 3.05. The first-order valence-corrected chi connectivity index (χ1v) is 6.56. The molecule has 22 heavy (non-hydrogen) atoms. The van der Waals surface area contributed by atoms with Crippen LogP contribution in [0.1, 0.15) is 0 Å². The molecule has 3 aromatic rings. The molecule has 4 nitrogen and oxygen atoms in total. The van der Waals surface area contributed by atoms with E-state index in [2.05, 4.69) is 14.7 Å². The first-order chi connectivity index (χ1) is 10.3. The Morgan fingerprint density at radius 3 is 2.41 bits per heavy atom. The number of hydrogen-bond donors (Lipinski definition) is 0. The second-order valence-corrected chi connectivity index (χ2v) is 4.91. The van der Waals surface area contributed by atoms with Crippen molar-refractivity contribution in [1.82, 2.24) is 14.5 Å². The summed E-state index contributed by atoms with van der Waals surface area (Å²) in [7, 11) is 1.82. The number of alkyl halides is 3. The molecule has 0 spiro atoms. The molecule has 3 rings (SSSR count). The van der Waals surface area contributed by atoms with Crippen LogP contribution in [-0.4, -0.2) is 20.9 Å². The van der Waals surface area contributed by atoms with Crippen LogP contribution < -0.4 is 4.74 Å². The molecular formula is C14H9ClF3N3O. The number of hydrogen-bond acceptors (Lipinski definition) is 3. The topological polar surface area (TPSA) is 39.9 Å². The summed E-state index contributed by atoms with van der Waals surface area (Å²) in [6.45, 7) is 0. The van der Waals surface area contributed by atoms with Crippen LogP contribution in [0.3, 0.4) is 0 Å². The molecule has 0 N–H and O–H groups in total. The van der Waals surface area contributed by atoms with Gasteiger partial charge in [-0.15, -0.1) is 13.2 Å². The van der Waals surface area contributed by atoms with Gasteiger partial charge < -0.3 is 9.30 Å². The van der Waals surface area contributed by atoms with Crippen molar-refractivity contribution in [2.45, 2.75) is 6.36 Å². The summed E-state index contributed by atoms with van der Waals surface area (Å²) >= 11 is 5.90. The van der Waals surface area contributed by atoms with Crippen LogP contribution in [0.25, 0.3) is 22.3 Å². The third kappa shape index (κ3) is 2.85. The predicted octanol–water partition coefficient (Wildman–Crippen LogP) is 4.19. The van der Waals surface area contributed by atoms with Crippen molar-refractivity contribution in [2.24, 2.45) is 7.05 Å². The Bertz CT molecular complexity index is 828. The van der Waals surface area contributed by atoms with Gasteiger partial charge >= 0.3 is 6.36 Å². The van der Waals surface area contributed by atoms with Crippen molar-refractivity contribution in [1.29, 1.82) is 0 Å². The average Bonchev–Trinajstić information content (AvgIpc) is 2.78. The summed E-state index contributed by atoms with van der Waals surface area (Å²) in [5.74, 6) is -0.292. The molecule has 0 fully saturated rings. The monoisotopic (exact) mass is 327 g/mol. The molecule has 0 saturated heterocycles. The zero-order valence-electron chi connectivity index (χ0n) is 11.2. The van der Waals surface area contributed by atoms with E-state index in [0.717, 1.165) is 5.52 Å². The number of aryl methyl sites for hydroxylation is 1. The lowest BCUT2D eigenvalue weighted by Crippen LogP contribution is -2.16. The Morgan fingerprint density at radius 2 is 1.77 bits per heavy atom. The minimum absolute atomic E-state index is 0.0734. The Balaban J connectivity index is 2.06. The summed E-state index contributed by atoms with van der Waals surface area (Å²) in [6, 6.07) is 7.23. The SMILES string of the molecule is Cn1ccc2nc(Cl)nc(-c3ccc(OC(F)(F)F)cc3)c21. The van der Waals surface area contributed by atoms with Crippen molar-refractivity contribution < 1.29 is 17.9 Å². The predicted molar refractivity (Wildman–Crippen MR) is 75.6 cm³/mol. The van der Waals surface area contributed by atoms with Gasteiger partial charge in [-0.05, 0) is 41.9 Å². The van der Waals surface area contributed by atoms with Crippen molar-refractivity contribution in [3.63, 3.8) is 0 Å². The summed E-state index contributed by atoms with van der Waals surface area (Å²) in [6.07, 6.45) is -2.91. The molecule has 0 aliphatic rings. The van der Waals surface area contributed by atoms with Crippen molar-refractivity contribution in [3.05, 3.63) is 41.8 Å². The highest BCUT2D eigenvalue weighted by Gasteiger charge is 2.31. The van der Waals surface area contributed by atoms with Gasteiger partial charge in [0.1, 0.15) is 5.75 Å². The zero-order chi connectivity index (χ0) is 15.9. The van der Waals surface area contributed by atoms with E-state index in [-0.39, 0.29) is 11.0 Å². The highest BCUT2D eigenvalue weighted by Crippen LogP contribution is 2.30. The molecular weight excluding hydrogens is 319 g/mol. The largest absolute Gasteiger partial charge is 0.573 e. The van der Waals surface area contributed by atoms with Gasteiger partial charge in [0.05, 0.1) is 16.7 Å². The molecule has 1 aromatic carbocycles. The Labute approximate surface area is 128 Å². The highest BCUT2D eigenvalue weighted by atomic mass is 35.5. The van der Waals surface area contributed by atoms with Gasteiger partial charge in [0.15, 0.2) is 0 Å². The second-order valence-electron chi connectivity index (χ2n) is 4.57. The lowest BCUT2D eigenvalue weighted by molar-refractivity contribution is -0.274. The van der Waals surface area contributed by atoms with Crippen molar-refractivity contribution >= 4 is 22.6 Å². The Morgan fingerprint density at radius 1 is 1.09 bits per heavy atom. The van der Waals surface area contributed by atoms with E-state index in [1.165, 1.54) is 24.3 Å². The first kappa shape index (κ1) is 14.6. The summed E-state index contributed by atoms with van der Waals surface area (Å²) in [4.78, 5) is 8.29. The summed E-state index contributed by atoms with van der Waals surface area (Å²) in [5.41, 5.74) is 2.56. The van der Waals surface area contributed by atoms with E-state index in [4.69, 9.17) is 11.6 Å². The van der Waals surface area contributed by atoms with Gasteiger partial charge in [-0.3, -0.25) is 0 Å². The van der Waals surface area contributed by atoms with E-state index in [9.17, 15) is 13.2 Å². The third-order valence-corrected chi connectivity index (χ3v) is 3.22. The number of nitrogens with zero attached hydrogens (tertiary/aromatic N) is 3. The number of rotatable bonds is 2. The fourth-order valence-corrected chi connectivity index (χ4v) is 2.36. The standard InChI is InChI=1S/C14H9ClF3N3O/c1-21-7-6-10-12(21)11(20-13(15)19-10)8-2-4-9(5-3-8)22-14(16,17)18/h2-7H,1H3. The van der Waals surface area contributed by atoms with E-state index >= 15 is 0 Å². The molecule has 0 saturated carbocycles. The fourth-order valence-electron chi connectivity index (χ4n) is 2.18. The maximum atomic E-state index is 12.2. The highest BCUT2D eigenvalue weighted by molar-refractivity contribution is 6.28. The lowest BCUT2D eigenvalue weighted by Gasteiger charge is -2.10. The Kier molecular flexibility index (Phi) is 3.44. The van der Waals surface area contributed by atoms with Crippen LogP contribution in [0.2, 0.25) is 5.28 Å². The summed E-state index contributed by atoms with van der Waals surface area (Å²) in [5, 5.41) is 0.0734. The minimum Gasteiger partial charge on any atom is -0.406 e. The van der Waals surface area contributed by atoms with Crippen molar-refractivity contribution in [3.8, 4) is 17.0 Å². The molecule has 0 atom stereocenters. The molecule has 0 amide bonds. The van der Waals surface area contributed by atoms with Crippen LogP contribution in [0.5, 0.6) is 5.75 Å². The quantitative estimate of drug-likeness (QED) is 0.663. The minimum atomic E-state index is -4.72. The molecule has 0 aliphatic carbocycles. The number of aromatic nitrogens is 3. The number of benzene rings is 1. The van der Waals surface area contributed by atoms with Crippen LogP contribution in [0.4, 0.5) is 13.2 Å². The maximum Gasteiger partial charge on any atom is 0.573 e. The van der Waals surface area contributed by atoms with Gasteiger partial charge in [0.25, 0.3) is 0 Å². The molecule has 0 bridgehead atoms. The summed E-state index contributed by atoms with van der Waals surface area (Å²) < 4.78 is 42.2. The zero-order valence-corrected chi connectivity index (χ0v) is 12.0. The Hall–Kier alpha value is -2.28. The number of halogens is 4. The van der Waals surface area contributed by atoms with Crippen LogP contribution >= 0.6 is 11.6 Å². The number of fused-ring (bicyclic) bond motifs is 1. The van der Waals surface area contributed by atoms with Gasteiger partial charge in [0, 0.05) is 18.8 Å². The van der Waals surface area contributed by atoms with Crippen molar-refractivity contribution in [2.75, 3.05) is 0 Å². The van der Waals surface area contributed by atoms with Gasteiger partial charge in [-0.25, -0.2) is 9.97 Å². The molecule has 8 heteroatoms. The van der Waals surface area contributed by atoms with E-state index in [1.54, 1.807) is 12.3 Å². The second kappa shape index (κ2) is 5.17. The van der Waals surface area contributed by atoms with Crippen LogP contribution in [-0.2, 0) is 7.05 Å². The molecule has 0 radical (unpaired) electrons. The van der Waals surface area contributed by atoms with Gasteiger partial charge in [-0.2, -0.15) is 0 Å². The molecule has 0 unspecified atom stereocenters. The molecule has 2 heterocycles. The average molecular weight is 328 g/mol. The smallest absolute Gasteiger partial charge is 0.406 e. The van der Waals surface area contributed by atoms with Crippen LogP contribution in [0, 0.1) is 0 Å².